The number of nitrogens with one attached hydrogen (secondary N) is 1. The second-order valence-corrected chi connectivity index (χ2v) is 6.44. The quantitative estimate of drug-likeness (QED) is 0.906. The molecule has 0 unspecified atom stereocenters. The fraction of sp³-hybridized carbons (Fsp3) is 0.500. The standard InChI is InChI=1S/C16H20ClN3O/c1-11(2)15-19-14(20-21-15)10-18-16(8-3-9-16)12-4-6-13(17)7-5-12/h4-7,11,18H,3,8-10H2,1-2H3. The zero-order chi connectivity index (χ0) is 14.9. The van der Waals surface area contributed by atoms with E-state index in [0.29, 0.717) is 12.4 Å². The summed E-state index contributed by atoms with van der Waals surface area (Å²) >= 11 is 5.98. The predicted molar refractivity (Wildman–Crippen MR) is 82.2 cm³/mol. The average molecular weight is 306 g/mol. The van der Waals surface area contributed by atoms with Gasteiger partial charge < -0.3 is 9.84 Å². The lowest BCUT2D eigenvalue weighted by molar-refractivity contribution is 0.181. The van der Waals surface area contributed by atoms with E-state index in [0.717, 1.165) is 23.7 Å². The lowest BCUT2D eigenvalue weighted by atomic mass is 9.72. The van der Waals surface area contributed by atoms with Gasteiger partial charge in [0.25, 0.3) is 0 Å². The van der Waals surface area contributed by atoms with Crippen molar-refractivity contribution in [2.45, 2.75) is 51.1 Å². The van der Waals surface area contributed by atoms with Crippen LogP contribution in [0.25, 0.3) is 0 Å². The minimum atomic E-state index is 0.0310. The minimum Gasteiger partial charge on any atom is -0.339 e. The van der Waals surface area contributed by atoms with E-state index < -0.39 is 0 Å². The van der Waals surface area contributed by atoms with Crippen LogP contribution in [0.4, 0.5) is 0 Å². The van der Waals surface area contributed by atoms with Gasteiger partial charge in [-0.25, -0.2) is 0 Å². The summed E-state index contributed by atoms with van der Waals surface area (Å²) in [6.45, 7) is 4.72. The first-order valence-electron chi connectivity index (χ1n) is 7.43. The summed E-state index contributed by atoms with van der Waals surface area (Å²) < 4.78 is 5.25. The van der Waals surface area contributed by atoms with Crippen molar-refractivity contribution in [3.63, 3.8) is 0 Å². The number of nitrogens with zero attached hydrogens (tertiary/aromatic N) is 2. The zero-order valence-corrected chi connectivity index (χ0v) is 13.2. The van der Waals surface area contributed by atoms with E-state index in [1.165, 1.54) is 12.0 Å². The lowest BCUT2D eigenvalue weighted by Crippen LogP contribution is -2.47. The zero-order valence-electron chi connectivity index (χ0n) is 12.4. The van der Waals surface area contributed by atoms with E-state index >= 15 is 0 Å². The van der Waals surface area contributed by atoms with Gasteiger partial charge in [-0.1, -0.05) is 42.7 Å². The van der Waals surface area contributed by atoms with Crippen LogP contribution in [0.3, 0.4) is 0 Å². The molecule has 5 heteroatoms. The Balaban J connectivity index is 1.70. The Morgan fingerprint density at radius 3 is 2.52 bits per heavy atom. The molecule has 3 rings (SSSR count). The fourth-order valence-corrected chi connectivity index (χ4v) is 2.81. The smallest absolute Gasteiger partial charge is 0.229 e. The van der Waals surface area contributed by atoms with Crippen LogP contribution < -0.4 is 5.32 Å². The second-order valence-electron chi connectivity index (χ2n) is 6.00. The average Bonchev–Trinajstić information content (AvgIpc) is 2.88. The first kappa shape index (κ1) is 14.5. The van der Waals surface area contributed by atoms with Gasteiger partial charge in [-0.3, -0.25) is 0 Å². The Morgan fingerprint density at radius 2 is 2.00 bits per heavy atom. The molecule has 112 valence electrons. The molecule has 1 aliphatic rings. The third-order valence-electron chi connectivity index (χ3n) is 4.17. The van der Waals surface area contributed by atoms with Gasteiger partial charge in [0.05, 0.1) is 6.54 Å². The van der Waals surface area contributed by atoms with Crippen molar-refractivity contribution >= 4 is 11.6 Å². The second kappa shape index (κ2) is 5.78. The summed E-state index contributed by atoms with van der Waals surface area (Å²) in [6.07, 6.45) is 3.49. The number of halogens is 1. The maximum Gasteiger partial charge on any atom is 0.229 e. The van der Waals surface area contributed by atoms with Crippen LogP contribution in [0.1, 0.15) is 56.3 Å². The number of benzene rings is 1. The molecule has 1 aromatic carbocycles. The summed E-state index contributed by atoms with van der Waals surface area (Å²) in [5.41, 5.74) is 1.31. The molecule has 0 bridgehead atoms. The fourth-order valence-electron chi connectivity index (χ4n) is 2.69. The van der Waals surface area contributed by atoms with Crippen molar-refractivity contribution in [2.75, 3.05) is 0 Å². The Bertz CT molecular complexity index is 602. The summed E-state index contributed by atoms with van der Waals surface area (Å²) in [4.78, 5) is 4.42. The van der Waals surface area contributed by atoms with Gasteiger partial charge in [0.2, 0.25) is 5.89 Å². The molecule has 1 aromatic heterocycles. The van der Waals surface area contributed by atoms with Crippen LogP contribution in [-0.2, 0) is 12.1 Å². The Kier molecular flexibility index (Phi) is 4.00. The van der Waals surface area contributed by atoms with Gasteiger partial charge in [0.1, 0.15) is 0 Å². The topological polar surface area (TPSA) is 51.0 Å². The normalized spacial score (nSPS) is 17.0. The lowest BCUT2D eigenvalue weighted by Gasteiger charge is -2.43. The van der Waals surface area contributed by atoms with Crippen molar-refractivity contribution < 1.29 is 4.52 Å². The number of hydrogen-bond acceptors (Lipinski definition) is 4. The molecule has 4 nitrogen and oxygen atoms in total. The summed E-state index contributed by atoms with van der Waals surface area (Å²) in [5.74, 6) is 1.68. The summed E-state index contributed by atoms with van der Waals surface area (Å²) in [5, 5.41) is 8.42. The van der Waals surface area contributed by atoms with Gasteiger partial charge in [-0.15, -0.1) is 0 Å². The summed E-state index contributed by atoms with van der Waals surface area (Å²) in [7, 11) is 0. The van der Waals surface area contributed by atoms with Crippen LogP contribution in [-0.4, -0.2) is 10.1 Å². The van der Waals surface area contributed by atoms with Crippen molar-refractivity contribution in [2.24, 2.45) is 0 Å². The molecule has 0 saturated heterocycles. The Morgan fingerprint density at radius 1 is 1.29 bits per heavy atom. The van der Waals surface area contributed by atoms with Crippen LogP contribution in [0.2, 0.25) is 5.02 Å². The maximum absolute atomic E-state index is 5.98. The molecule has 0 aliphatic heterocycles. The van der Waals surface area contributed by atoms with Crippen LogP contribution in [0.5, 0.6) is 0 Å². The first-order valence-corrected chi connectivity index (χ1v) is 7.80. The van der Waals surface area contributed by atoms with E-state index in [9.17, 15) is 0 Å². The first-order chi connectivity index (χ1) is 10.1. The molecule has 1 aliphatic carbocycles. The molecule has 0 radical (unpaired) electrons. The molecule has 0 atom stereocenters. The molecule has 2 aromatic rings. The maximum atomic E-state index is 5.98. The molecule has 0 amide bonds. The molecule has 1 heterocycles. The van der Waals surface area contributed by atoms with E-state index in [-0.39, 0.29) is 11.5 Å². The third kappa shape index (κ3) is 2.97. The summed E-state index contributed by atoms with van der Waals surface area (Å²) in [6, 6.07) is 8.10. The van der Waals surface area contributed by atoms with Crippen LogP contribution >= 0.6 is 11.6 Å². The molecule has 1 N–H and O–H groups in total. The molecular formula is C16H20ClN3O. The highest BCUT2D eigenvalue weighted by atomic mass is 35.5. The molecule has 1 fully saturated rings. The number of rotatable bonds is 5. The molecular weight excluding hydrogens is 286 g/mol. The van der Waals surface area contributed by atoms with Gasteiger partial charge >= 0.3 is 0 Å². The van der Waals surface area contributed by atoms with E-state index in [1.807, 2.05) is 26.0 Å². The van der Waals surface area contributed by atoms with E-state index in [1.54, 1.807) is 0 Å². The highest BCUT2D eigenvalue weighted by Crippen LogP contribution is 2.41. The largest absolute Gasteiger partial charge is 0.339 e. The van der Waals surface area contributed by atoms with Gasteiger partial charge in [-0.05, 0) is 37.0 Å². The molecule has 1 saturated carbocycles. The Hall–Kier alpha value is -1.39. The van der Waals surface area contributed by atoms with Gasteiger partial charge in [-0.2, -0.15) is 4.98 Å². The Labute approximate surface area is 129 Å². The van der Waals surface area contributed by atoms with E-state index in [2.05, 4.69) is 27.6 Å². The van der Waals surface area contributed by atoms with Crippen molar-refractivity contribution in [1.29, 1.82) is 0 Å². The predicted octanol–water partition coefficient (Wildman–Crippen LogP) is 4.02. The highest BCUT2D eigenvalue weighted by Gasteiger charge is 2.38. The van der Waals surface area contributed by atoms with Gasteiger partial charge in [0, 0.05) is 16.5 Å². The van der Waals surface area contributed by atoms with Crippen molar-refractivity contribution in [3.05, 3.63) is 46.6 Å². The van der Waals surface area contributed by atoms with E-state index in [4.69, 9.17) is 16.1 Å². The monoisotopic (exact) mass is 305 g/mol. The van der Waals surface area contributed by atoms with Crippen LogP contribution in [0, 0.1) is 0 Å². The van der Waals surface area contributed by atoms with Crippen LogP contribution in [0.15, 0.2) is 28.8 Å². The number of aromatic nitrogens is 2. The SMILES string of the molecule is CC(C)c1nc(CNC2(c3ccc(Cl)cc3)CCC2)no1. The van der Waals surface area contributed by atoms with Crippen molar-refractivity contribution in [1.82, 2.24) is 15.5 Å². The van der Waals surface area contributed by atoms with Crippen molar-refractivity contribution in [3.8, 4) is 0 Å². The van der Waals surface area contributed by atoms with Gasteiger partial charge in [0.15, 0.2) is 5.82 Å². The molecule has 21 heavy (non-hydrogen) atoms. The highest BCUT2D eigenvalue weighted by molar-refractivity contribution is 6.30. The molecule has 0 spiro atoms. The minimum absolute atomic E-state index is 0.0310. The third-order valence-corrected chi connectivity index (χ3v) is 4.42. The number of hydrogen-bond donors (Lipinski definition) is 1.